The van der Waals surface area contributed by atoms with E-state index in [4.69, 9.17) is 0 Å². The molecule has 0 unspecified atom stereocenters. The monoisotopic (exact) mass is 528 g/mol. The van der Waals surface area contributed by atoms with E-state index in [9.17, 15) is 26.4 Å². The van der Waals surface area contributed by atoms with Crippen LogP contribution in [0.3, 0.4) is 0 Å². The summed E-state index contributed by atoms with van der Waals surface area (Å²) < 4.78 is 69.1. The fourth-order valence-electron chi connectivity index (χ4n) is 4.17. The van der Waals surface area contributed by atoms with E-state index in [0.29, 0.717) is 12.1 Å². The van der Waals surface area contributed by atoms with Crippen molar-refractivity contribution in [1.29, 1.82) is 0 Å². The average Bonchev–Trinajstić information content (AvgIpc) is 2.83. The highest BCUT2D eigenvalue weighted by Gasteiger charge is 2.31. The fraction of sp³-hybridized carbons (Fsp3) is 0.500. The number of benzene rings is 1. The molecule has 1 aliphatic carbocycles. The van der Waals surface area contributed by atoms with Crippen LogP contribution in [-0.4, -0.2) is 44.3 Å². The number of hydrogen-bond acceptors (Lipinski definition) is 6. The minimum Gasteiger partial charge on any atom is -0.406 e. The van der Waals surface area contributed by atoms with Crippen LogP contribution in [0, 0.1) is 5.92 Å². The molecule has 0 radical (unpaired) electrons. The molecule has 3 N–H and O–H groups in total. The second-order valence-electron chi connectivity index (χ2n) is 8.97. The number of anilines is 1. The maximum atomic E-state index is 13.1. The zero-order chi connectivity index (χ0) is 26.2. The summed E-state index contributed by atoms with van der Waals surface area (Å²) in [5.74, 6) is -0.519. The number of hydrogen-bond donors (Lipinski definition) is 3. The minimum absolute atomic E-state index is 0.0147. The summed E-state index contributed by atoms with van der Waals surface area (Å²) in [6.07, 6.45) is 3.48. The number of nitrogens with one attached hydrogen (secondary N) is 3. The Morgan fingerprint density at radius 3 is 2.44 bits per heavy atom. The van der Waals surface area contributed by atoms with Crippen molar-refractivity contribution in [3.63, 3.8) is 0 Å². The number of nitrogens with zero attached hydrogens (tertiary/aromatic N) is 1. The van der Waals surface area contributed by atoms with Crippen molar-refractivity contribution in [2.75, 3.05) is 11.9 Å². The van der Waals surface area contributed by atoms with Crippen LogP contribution in [0.25, 0.3) is 0 Å². The van der Waals surface area contributed by atoms with Gasteiger partial charge in [-0.15, -0.1) is 13.2 Å². The maximum Gasteiger partial charge on any atom is 0.573 e. The second kappa shape index (κ2) is 12.4. The van der Waals surface area contributed by atoms with Gasteiger partial charge in [0.25, 0.3) is 0 Å². The molecule has 1 aromatic heterocycles. The molecule has 3 rings (SSSR count). The number of sulfonamides is 1. The highest BCUT2D eigenvalue weighted by atomic mass is 32.2. The van der Waals surface area contributed by atoms with Crippen molar-refractivity contribution in [3.8, 4) is 5.75 Å². The van der Waals surface area contributed by atoms with Gasteiger partial charge in [0.15, 0.2) is 0 Å². The SMILES string of the molecule is C[C@@H](CNc1ccc(OC(F)(F)F)cc1)NC(=O)[C@H](CC1CCCCC1)NS(=O)(=O)c1cccnc1. The quantitative estimate of drug-likeness (QED) is 0.403. The zero-order valence-corrected chi connectivity index (χ0v) is 20.7. The molecule has 1 fully saturated rings. The molecule has 12 heteroatoms. The number of amides is 1. The number of pyridine rings is 1. The highest BCUT2D eigenvalue weighted by molar-refractivity contribution is 7.89. The Morgan fingerprint density at radius 2 is 1.83 bits per heavy atom. The Bertz CT molecular complexity index is 1080. The molecule has 8 nitrogen and oxygen atoms in total. The number of alkyl halides is 3. The molecule has 1 saturated carbocycles. The third-order valence-corrected chi connectivity index (χ3v) is 7.40. The third kappa shape index (κ3) is 8.98. The molecule has 36 heavy (non-hydrogen) atoms. The fourth-order valence-corrected chi connectivity index (χ4v) is 5.34. The summed E-state index contributed by atoms with van der Waals surface area (Å²) >= 11 is 0. The molecule has 1 heterocycles. The lowest BCUT2D eigenvalue weighted by Gasteiger charge is -2.27. The predicted octanol–water partition coefficient (Wildman–Crippen LogP) is 4.21. The Kier molecular flexibility index (Phi) is 9.55. The number of halogens is 3. The zero-order valence-electron chi connectivity index (χ0n) is 19.9. The van der Waals surface area contributed by atoms with Gasteiger partial charge in [0.1, 0.15) is 16.7 Å². The summed E-state index contributed by atoms with van der Waals surface area (Å²) in [7, 11) is -3.94. The van der Waals surface area contributed by atoms with Crippen molar-refractivity contribution in [2.24, 2.45) is 5.92 Å². The number of aromatic nitrogens is 1. The van der Waals surface area contributed by atoms with E-state index in [1.807, 2.05) is 0 Å². The summed E-state index contributed by atoms with van der Waals surface area (Å²) in [6.45, 7) is 2.02. The maximum absolute atomic E-state index is 13.1. The van der Waals surface area contributed by atoms with E-state index in [2.05, 4.69) is 25.1 Å². The summed E-state index contributed by atoms with van der Waals surface area (Å²) in [6, 6.07) is 6.84. The van der Waals surface area contributed by atoms with E-state index in [0.717, 1.165) is 32.1 Å². The van der Waals surface area contributed by atoms with Gasteiger partial charge in [-0.05, 0) is 55.7 Å². The van der Waals surface area contributed by atoms with Crippen LogP contribution in [0.15, 0.2) is 53.7 Å². The van der Waals surface area contributed by atoms with Crippen LogP contribution >= 0.6 is 0 Å². The number of carbonyl (C=O) groups is 1. The van der Waals surface area contributed by atoms with E-state index in [1.54, 1.807) is 6.92 Å². The van der Waals surface area contributed by atoms with Crippen LogP contribution in [0.4, 0.5) is 18.9 Å². The normalized spacial score (nSPS) is 16.7. The van der Waals surface area contributed by atoms with Gasteiger partial charge in [-0.3, -0.25) is 9.78 Å². The first-order chi connectivity index (χ1) is 17.0. The van der Waals surface area contributed by atoms with Gasteiger partial charge < -0.3 is 15.4 Å². The van der Waals surface area contributed by atoms with Gasteiger partial charge in [-0.2, -0.15) is 4.72 Å². The molecule has 2 aromatic rings. The molecule has 0 bridgehead atoms. The van der Waals surface area contributed by atoms with Crippen molar-refractivity contribution in [3.05, 3.63) is 48.8 Å². The number of rotatable bonds is 11. The molecule has 1 aromatic carbocycles. The van der Waals surface area contributed by atoms with Gasteiger partial charge in [-0.25, -0.2) is 8.42 Å². The van der Waals surface area contributed by atoms with E-state index >= 15 is 0 Å². The van der Waals surface area contributed by atoms with Gasteiger partial charge in [-0.1, -0.05) is 32.1 Å². The standard InChI is InChI=1S/C24H31F3N4O4S/c1-17(15-29-19-9-11-20(12-10-19)35-24(25,26)27)30-23(32)22(14-18-6-3-2-4-7-18)31-36(33,34)21-8-5-13-28-16-21/h5,8-13,16-18,22,29,31H,2-4,6-7,14-15H2,1H3,(H,30,32)/t17-,22-/m0/s1. The lowest BCUT2D eigenvalue weighted by atomic mass is 9.85. The predicted molar refractivity (Wildman–Crippen MR) is 129 cm³/mol. The van der Waals surface area contributed by atoms with Crippen LogP contribution in [0.2, 0.25) is 0 Å². The molecule has 0 spiro atoms. The Balaban J connectivity index is 1.60. The summed E-state index contributed by atoms with van der Waals surface area (Å²) in [4.78, 5) is 17.0. The van der Waals surface area contributed by atoms with Crippen molar-refractivity contribution >= 4 is 21.6 Å². The van der Waals surface area contributed by atoms with Crippen LogP contribution in [0.1, 0.15) is 45.4 Å². The van der Waals surface area contributed by atoms with Crippen LogP contribution in [-0.2, 0) is 14.8 Å². The van der Waals surface area contributed by atoms with Crippen molar-refractivity contribution in [2.45, 2.75) is 68.8 Å². The molecule has 2 atom stereocenters. The molecule has 1 aliphatic rings. The first-order valence-corrected chi connectivity index (χ1v) is 13.3. The van der Waals surface area contributed by atoms with Gasteiger partial charge in [0.05, 0.1) is 0 Å². The van der Waals surface area contributed by atoms with Crippen LogP contribution < -0.4 is 20.1 Å². The molecule has 0 aliphatic heterocycles. The topological polar surface area (TPSA) is 109 Å². The van der Waals surface area contributed by atoms with Crippen LogP contribution in [0.5, 0.6) is 5.75 Å². The lowest BCUT2D eigenvalue weighted by Crippen LogP contribution is -2.51. The van der Waals surface area contributed by atoms with Gasteiger partial charge >= 0.3 is 6.36 Å². The number of carbonyl (C=O) groups excluding carboxylic acids is 1. The first-order valence-electron chi connectivity index (χ1n) is 11.8. The van der Waals surface area contributed by atoms with E-state index in [1.165, 1.54) is 48.8 Å². The Hall–Kier alpha value is -2.86. The molecular formula is C24H31F3N4O4S. The van der Waals surface area contributed by atoms with E-state index in [-0.39, 0.29) is 29.1 Å². The number of ether oxygens (including phenoxy) is 1. The highest BCUT2D eigenvalue weighted by Crippen LogP contribution is 2.28. The summed E-state index contributed by atoms with van der Waals surface area (Å²) in [5, 5.41) is 5.87. The smallest absolute Gasteiger partial charge is 0.406 e. The van der Waals surface area contributed by atoms with E-state index < -0.39 is 28.3 Å². The third-order valence-electron chi connectivity index (χ3n) is 5.94. The van der Waals surface area contributed by atoms with Gasteiger partial charge in [0.2, 0.25) is 15.9 Å². The van der Waals surface area contributed by atoms with Crippen molar-refractivity contribution in [1.82, 2.24) is 15.0 Å². The lowest BCUT2D eigenvalue weighted by molar-refractivity contribution is -0.274. The Labute approximate surface area is 209 Å². The molecular weight excluding hydrogens is 497 g/mol. The Morgan fingerprint density at radius 1 is 1.14 bits per heavy atom. The largest absolute Gasteiger partial charge is 0.573 e. The van der Waals surface area contributed by atoms with Gasteiger partial charge in [0, 0.05) is 30.7 Å². The minimum atomic E-state index is -4.76. The average molecular weight is 529 g/mol. The molecule has 1 amide bonds. The molecule has 198 valence electrons. The first kappa shape index (κ1) is 27.7. The summed E-state index contributed by atoms with van der Waals surface area (Å²) in [5.41, 5.74) is 0.543. The second-order valence-corrected chi connectivity index (χ2v) is 10.7. The molecule has 0 saturated heterocycles. The van der Waals surface area contributed by atoms with Crippen molar-refractivity contribution < 1.29 is 31.1 Å².